The van der Waals surface area contributed by atoms with Crippen LogP contribution >= 0.6 is 0 Å². The average Bonchev–Trinajstić information content (AvgIpc) is 2.33. The molecule has 1 saturated carbocycles. The molecule has 1 aliphatic rings. The zero-order valence-electron chi connectivity index (χ0n) is 10.6. The van der Waals surface area contributed by atoms with Crippen LogP contribution in [0.2, 0.25) is 0 Å². The maximum atomic E-state index is 13.7. The molecule has 0 radical (unpaired) electrons. The highest BCUT2D eigenvalue weighted by atomic mass is 19.1. The zero-order valence-corrected chi connectivity index (χ0v) is 10.6. The lowest BCUT2D eigenvalue weighted by atomic mass is 9.77. The Hall–Kier alpha value is -1.09. The first-order chi connectivity index (χ1) is 8.07. The van der Waals surface area contributed by atoms with Crippen molar-refractivity contribution in [1.29, 1.82) is 0 Å². The van der Waals surface area contributed by atoms with Gasteiger partial charge in [0.2, 0.25) is 0 Å². The van der Waals surface area contributed by atoms with Gasteiger partial charge < -0.3 is 10.5 Å². The Morgan fingerprint density at radius 1 is 1.24 bits per heavy atom. The molecule has 94 valence electrons. The number of hydrogen-bond acceptors (Lipinski definition) is 2. The van der Waals surface area contributed by atoms with E-state index in [-0.39, 0.29) is 5.82 Å². The number of methoxy groups -OCH3 is 1. The summed E-state index contributed by atoms with van der Waals surface area (Å²) >= 11 is 0. The maximum Gasteiger partial charge on any atom is 0.126 e. The molecule has 0 unspecified atom stereocenters. The Kier molecular flexibility index (Phi) is 3.38. The molecule has 0 saturated heterocycles. The molecule has 0 atom stereocenters. The largest absolute Gasteiger partial charge is 0.496 e. The molecular weight excluding hydrogens is 217 g/mol. The second kappa shape index (κ2) is 4.65. The summed E-state index contributed by atoms with van der Waals surface area (Å²) in [6.45, 7) is 1.74. The van der Waals surface area contributed by atoms with Crippen LogP contribution in [0.15, 0.2) is 12.1 Å². The van der Waals surface area contributed by atoms with Crippen molar-refractivity contribution in [3.05, 3.63) is 29.1 Å². The molecule has 1 fully saturated rings. The minimum Gasteiger partial charge on any atom is -0.496 e. The van der Waals surface area contributed by atoms with E-state index in [2.05, 4.69) is 0 Å². The maximum absolute atomic E-state index is 13.7. The number of halogens is 1. The van der Waals surface area contributed by atoms with Crippen LogP contribution in [0.1, 0.15) is 43.2 Å². The fraction of sp³-hybridized carbons (Fsp3) is 0.571. The van der Waals surface area contributed by atoms with Gasteiger partial charge in [-0.3, -0.25) is 0 Å². The fourth-order valence-electron chi connectivity index (χ4n) is 2.67. The highest BCUT2D eigenvalue weighted by Crippen LogP contribution is 2.40. The smallest absolute Gasteiger partial charge is 0.126 e. The van der Waals surface area contributed by atoms with E-state index < -0.39 is 5.54 Å². The van der Waals surface area contributed by atoms with Gasteiger partial charge in [-0.2, -0.15) is 0 Å². The van der Waals surface area contributed by atoms with E-state index in [0.29, 0.717) is 11.3 Å². The minimum absolute atomic E-state index is 0.198. The quantitative estimate of drug-likeness (QED) is 0.856. The number of hydrogen-bond donors (Lipinski definition) is 1. The van der Waals surface area contributed by atoms with Crippen molar-refractivity contribution in [2.24, 2.45) is 5.73 Å². The van der Waals surface area contributed by atoms with Gasteiger partial charge in [-0.05, 0) is 37.5 Å². The molecule has 2 N–H and O–H groups in total. The fourth-order valence-corrected chi connectivity index (χ4v) is 2.67. The van der Waals surface area contributed by atoms with Gasteiger partial charge in [-0.25, -0.2) is 4.39 Å². The topological polar surface area (TPSA) is 35.2 Å². The third-order valence-electron chi connectivity index (χ3n) is 3.76. The van der Waals surface area contributed by atoms with Crippen molar-refractivity contribution in [2.45, 2.75) is 44.6 Å². The molecule has 0 bridgehead atoms. The normalized spacial score (nSPS) is 19.1. The van der Waals surface area contributed by atoms with Gasteiger partial charge in [0, 0.05) is 11.1 Å². The number of aryl methyl sites for hydroxylation is 1. The van der Waals surface area contributed by atoms with Crippen molar-refractivity contribution in [2.75, 3.05) is 7.11 Å². The van der Waals surface area contributed by atoms with Crippen LogP contribution in [-0.4, -0.2) is 7.11 Å². The van der Waals surface area contributed by atoms with Crippen LogP contribution < -0.4 is 10.5 Å². The summed E-state index contributed by atoms with van der Waals surface area (Å²) in [6, 6.07) is 3.30. The summed E-state index contributed by atoms with van der Waals surface area (Å²) in [5.41, 5.74) is 7.43. The molecule has 2 rings (SSSR count). The Bertz CT molecular complexity index is 411. The van der Waals surface area contributed by atoms with E-state index >= 15 is 0 Å². The van der Waals surface area contributed by atoms with Crippen LogP contribution in [0.3, 0.4) is 0 Å². The predicted molar refractivity (Wildman–Crippen MR) is 66.6 cm³/mol. The molecule has 0 amide bonds. The van der Waals surface area contributed by atoms with Gasteiger partial charge in [0.25, 0.3) is 0 Å². The van der Waals surface area contributed by atoms with Crippen molar-refractivity contribution in [1.82, 2.24) is 0 Å². The van der Waals surface area contributed by atoms with E-state index in [4.69, 9.17) is 10.5 Å². The number of rotatable bonds is 2. The minimum atomic E-state index is -0.419. The summed E-state index contributed by atoms with van der Waals surface area (Å²) in [6.07, 6.45) is 5.25. The molecule has 3 heteroatoms. The van der Waals surface area contributed by atoms with Gasteiger partial charge >= 0.3 is 0 Å². The summed E-state index contributed by atoms with van der Waals surface area (Å²) < 4.78 is 19.1. The van der Waals surface area contributed by atoms with E-state index in [1.807, 2.05) is 0 Å². The molecule has 2 nitrogen and oxygen atoms in total. The van der Waals surface area contributed by atoms with Crippen LogP contribution in [0.4, 0.5) is 4.39 Å². The summed E-state index contributed by atoms with van der Waals surface area (Å²) in [7, 11) is 1.61. The van der Waals surface area contributed by atoms with Gasteiger partial charge in [0.05, 0.1) is 7.11 Å². The first-order valence-electron chi connectivity index (χ1n) is 6.20. The Morgan fingerprint density at radius 3 is 2.47 bits per heavy atom. The first-order valence-corrected chi connectivity index (χ1v) is 6.20. The number of nitrogens with two attached hydrogens (primary N) is 1. The monoisotopic (exact) mass is 237 g/mol. The lowest BCUT2D eigenvalue weighted by Gasteiger charge is -2.35. The number of benzene rings is 1. The van der Waals surface area contributed by atoms with Gasteiger partial charge in [-0.15, -0.1) is 0 Å². The second-order valence-electron chi connectivity index (χ2n) is 5.02. The van der Waals surface area contributed by atoms with E-state index in [0.717, 1.165) is 31.2 Å². The molecular formula is C14H20FNO. The molecule has 1 aromatic carbocycles. The average molecular weight is 237 g/mol. The Labute approximate surface area is 102 Å². The second-order valence-corrected chi connectivity index (χ2v) is 5.02. The highest BCUT2D eigenvalue weighted by Gasteiger charge is 2.32. The molecule has 1 aromatic rings. The van der Waals surface area contributed by atoms with E-state index in [9.17, 15) is 4.39 Å². The van der Waals surface area contributed by atoms with E-state index in [1.54, 1.807) is 26.2 Å². The Balaban J connectivity index is 2.45. The first kappa shape index (κ1) is 12.4. The Morgan fingerprint density at radius 2 is 1.88 bits per heavy atom. The molecule has 0 spiro atoms. The lowest BCUT2D eigenvalue weighted by molar-refractivity contribution is 0.287. The van der Waals surface area contributed by atoms with Crippen LogP contribution in [0.5, 0.6) is 5.75 Å². The lowest BCUT2D eigenvalue weighted by Crippen LogP contribution is -2.39. The third-order valence-corrected chi connectivity index (χ3v) is 3.76. The molecule has 0 heterocycles. The van der Waals surface area contributed by atoms with Crippen molar-refractivity contribution >= 4 is 0 Å². The number of ether oxygens (including phenoxy) is 1. The third kappa shape index (κ3) is 2.29. The van der Waals surface area contributed by atoms with E-state index in [1.165, 1.54) is 6.42 Å². The standard InChI is InChI=1S/C14H20FNO/c1-10-8-13(17-2)11(9-12(10)15)14(16)6-4-3-5-7-14/h8-9H,3-7,16H2,1-2H3. The van der Waals surface area contributed by atoms with Crippen molar-refractivity contribution < 1.29 is 9.13 Å². The van der Waals surface area contributed by atoms with Gasteiger partial charge in [-0.1, -0.05) is 19.3 Å². The van der Waals surface area contributed by atoms with Crippen LogP contribution in [0, 0.1) is 12.7 Å². The SMILES string of the molecule is COc1cc(C)c(F)cc1C1(N)CCCCC1. The summed E-state index contributed by atoms with van der Waals surface area (Å²) in [5, 5.41) is 0. The van der Waals surface area contributed by atoms with Crippen LogP contribution in [-0.2, 0) is 5.54 Å². The van der Waals surface area contributed by atoms with Gasteiger partial charge in [0.1, 0.15) is 11.6 Å². The molecule has 1 aliphatic carbocycles. The summed E-state index contributed by atoms with van der Waals surface area (Å²) in [5.74, 6) is 0.518. The van der Waals surface area contributed by atoms with Crippen LogP contribution in [0.25, 0.3) is 0 Å². The predicted octanol–water partition coefficient (Wildman–Crippen LogP) is 3.26. The zero-order chi connectivity index (χ0) is 12.5. The van der Waals surface area contributed by atoms with Crippen molar-refractivity contribution in [3.63, 3.8) is 0 Å². The summed E-state index contributed by atoms with van der Waals surface area (Å²) in [4.78, 5) is 0. The molecule has 0 aromatic heterocycles. The molecule has 0 aliphatic heterocycles. The van der Waals surface area contributed by atoms with Crippen molar-refractivity contribution in [3.8, 4) is 5.75 Å². The highest BCUT2D eigenvalue weighted by molar-refractivity contribution is 5.42. The van der Waals surface area contributed by atoms with Gasteiger partial charge in [0.15, 0.2) is 0 Å². The molecule has 17 heavy (non-hydrogen) atoms.